The zero-order valence-electron chi connectivity index (χ0n) is 19.3. The van der Waals surface area contributed by atoms with Crippen molar-refractivity contribution in [2.24, 2.45) is 10.6 Å². The average molecular weight is 606 g/mol. The number of aliphatic carboxylic acids is 1. The first-order valence-electron chi connectivity index (χ1n) is 11.2. The third kappa shape index (κ3) is 5.82. The summed E-state index contributed by atoms with van der Waals surface area (Å²) in [5.74, 6) is -1.33. The van der Waals surface area contributed by atoms with E-state index < -0.39 is 23.3 Å². The lowest BCUT2D eigenvalue weighted by atomic mass is 9.89. The third-order valence-corrected chi connectivity index (χ3v) is 10.7. The van der Waals surface area contributed by atoms with E-state index in [1.165, 1.54) is 51.1 Å². The molecule has 200 valence electrons. The summed E-state index contributed by atoms with van der Waals surface area (Å²) >= 11 is 5.18. The highest BCUT2D eigenvalue weighted by molar-refractivity contribution is 8.01. The fourth-order valence-electron chi connectivity index (χ4n) is 4.26. The van der Waals surface area contributed by atoms with Gasteiger partial charge in [-0.05, 0) is 25.7 Å². The number of nitrogens with zero attached hydrogens (tertiary/aromatic N) is 5. The number of carbonyl (C=O) groups is 3. The van der Waals surface area contributed by atoms with Crippen molar-refractivity contribution in [3.8, 4) is 0 Å². The van der Waals surface area contributed by atoms with Crippen LogP contribution in [0.5, 0.6) is 0 Å². The molecule has 1 aliphatic carbocycles. The van der Waals surface area contributed by atoms with E-state index in [0.717, 1.165) is 25.7 Å². The molecule has 0 spiro atoms. The van der Waals surface area contributed by atoms with Gasteiger partial charge in [0.25, 0.3) is 5.91 Å². The van der Waals surface area contributed by atoms with Crippen molar-refractivity contribution in [2.75, 3.05) is 23.8 Å². The van der Waals surface area contributed by atoms with E-state index in [0.29, 0.717) is 10.1 Å². The van der Waals surface area contributed by atoms with Gasteiger partial charge in [-0.15, -0.1) is 45.7 Å². The van der Waals surface area contributed by atoms with E-state index in [9.17, 15) is 19.5 Å². The summed E-state index contributed by atoms with van der Waals surface area (Å²) in [6.45, 7) is 0.0609. The van der Waals surface area contributed by atoms with Gasteiger partial charge < -0.3 is 25.9 Å². The topological polar surface area (TPSA) is 173 Å². The number of hydrogen-bond donors (Lipinski definition) is 3. The molecule has 2 amide bonds. The number of amides is 2. The average Bonchev–Trinajstić information content (AvgIpc) is 3.65. The number of carboxylic acid groups (broad SMARTS) is 1. The third-order valence-electron chi connectivity index (χ3n) is 6.27. The van der Waals surface area contributed by atoms with Crippen LogP contribution in [0.15, 0.2) is 20.4 Å². The Morgan fingerprint density at radius 3 is 2.78 bits per heavy atom. The molecular formula is C20H24ClN7O5S4. The van der Waals surface area contributed by atoms with Gasteiger partial charge in [-0.3, -0.25) is 14.4 Å². The molecule has 0 bridgehead atoms. The highest BCUT2D eigenvalue weighted by Crippen LogP contribution is 2.44. The first-order valence-corrected chi connectivity index (χ1v) is 15.0. The standard InChI is InChI=1S/C20H23N7O5S4.ClH/c21-18-23-11(5-33-18)12(26-32-10-3-1-2-4-10)14(28)24-13-15(29)27-6-20(17(30)31,7-34-16(13)27)8-35-19-25-22-9-36-19;/h5,9-10,13,16H,1-4,6-8H2,(H2,21,23)(H,24,28)(H,30,31);1H/t13?,16-,20?;/m1./s1. The second-order valence-electron chi connectivity index (χ2n) is 8.72. The summed E-state index contributed by atoms with van der Waals surface area (Å²) in [5, 5.41) is 26.1. The fourth-order valence-corrected chi connectivity index (χ4v) is 8.16. The number of thiazole rings is 1. The van der Waals surface area contributed by atoms with Crippen LogP contribution in [0, 0.1) is 5.41 Å². The lowest BCUT2D eigenvalue weighted by Gasteiger charge is -2.53. The van der Waals surface area contributed by atoms with Gasteiger partial charge in [-0.1, -0.05) is 28.3 Å². The minimum Gasteiger partial charge on any atom is -0.481 e. The molecule has 4 heterocycles. The Morgan fingerprint density at radius 1 is 1.35 bits per heavy atom. The Balaban J connectivity index is 0.00000320. The van der Waals surface area contributed by atoms with Crippen molar-refractivity contribution in [1.82, 2.24) is 25.4 Å². The van der Waals surface area contributed by atoms with Crippen molar-refractivity contribution in [3.63, 3.8) is 0 Å². The van der Waals surface area contributed by atoms with Gasteiger partial charge in [0.1, 0.15) is 34.1 Å². The summed E-state index contributed by atoms with van der Waals surface area (Å²) in [6, 6.07) is -0.794. The predicted octanol–water partition coefficient (Wildman–Crippen LogP) is 1.93. The van der Waals surface area contributed by atoms with E-state index in [2.05, 4.69) is 25.7 Å². The van der Waals surface area contributed by atoms with E-state index in [-0.39, 0.29) is 58.6 Å². The molecule has 37 heavy (non-hydrogen) atoms. The number of rotatable bonds is 9. The van der Waals surface area contributed by atoms with Crippen molar-refractivity contribution in [2.45, 2.75) is 47.5 Å². The number of carbonyl (C=O) groups excluding carboxylic acids is 2. The molecule has 0 radical (unpaired) electrons. The lowest BCUT2D eigenvalue weighted by molar-refractivity contribution is -0.157. The van der Waals surface area contributed by atoms with E-state index in [4.69, 9.17) is 10.6 Å². The molecule has 12 nitrogen and oxygen atoms in total. The lowest BCUT2D eigenvalue weighted by Crippen LogP contribution is -2.74. The molecule has 2 aliphatic heterocycles. The van der Waals surface area contributed by atoms with Crippen LogP contribution in [0.4, 0.5) is 5.13 Å². The molecule has 17 heteroatoms. The number of thioether (sulfide) groups is 2. The Kier molecular flexibility index (Phi) is 8.83. The number of nitrogens with two attached hydrogens (primary N) is 1. The second kappa shape index (κ2) is 11.7. The summed E-state index contributed by atoms with van der Waals surface area (Å²) < 4.78 is 0.678. The van der Waals surface area contributed by atoms with E-state index in [1.54, 1.807) is 10.9 Å². The normalized spacial score (nSPS) is 25.7. The number of nitrogens with one attached hydrogen (secondary N) is 1. The van der Waals surface area contributed by atoms with Crippen LogP contribution < -0.4 is 11.1 Å². The minimum atomic E-state index is -1.12. The Bertz CT molecular complexity index is 1180. The van der Waals surface area contributed by atoms with Gasteiger partial charge in [0.15, 0.2) is 15.2 Å². The van der Waals surface area contributed by atoms with Crippen molar-refractivity contribution < 1.29 is 24.3 Å². The van der Waals surface area contributed by atoms with Crippen LogP contribution in [0.2, 0.25) is 0 Å². The largest absolute Gasteiger partial charge is 0.481 e. The number of anilines is 1. The van der Waals surface area contributed by atoms with Crippen molar-refractivity contribution in [1.29, 1.82) is 0 Å². The van der Waals surface area contributed by atoms with Gasteiger partial charge in [-0.2, -0.15) is 0 Å². The predicted molar refractivity (Wildman–Crippen MR) is 144 cm³/mol. The first-order chi connectivity index (χ1) is 17.4. The zero-order valence-corrected chi connectivity index (χ0v) is 23.4. The molecule has 1 saturated carbocycles. The van der Waals surface area contributed by atoms with Crippen LogP contribution >= 0.6 is 58.6 Å². The molecule has 5 rings (SSSR count). The second-order valence-corrected chi connectivity index (χ2v) is 12.8. The molecule has 2 unspecified atom stereocenters. The van der Waals surface area contributed by atoms with Crippen LogP contribution in [0.3, 0.4) is 0 Å². The first kappa shape index (κ1) is 27.9. The molecule has 2 saturated heterocycles. The van der Waals surface area contributed by atoms with Crippen LogP contribution in [-0.2, 0) is 19.2 Å². The Morgan fingerprint density at radius 2 is 2.14 bits per heavy atom. The maximum absolute atomic E-state index is 13.2. The van der Waals surface area contributed by atoms with Crippen LogP contribution in [-0.4, -0.2) is 84.3 Å². The van der Waals surface area contributed by atoms with Gasteiger partial charge in [0.2, 0.25) is 5.91 Å². The Hall–Kier alpha value is -2.14. The number of aromatic nitrogens is 3. The van der Waals surface area contributed by atoms with Gasteiger partial charge in [0.05, 0.1) is 0 Å². The van der Waals surface area contributed by atoms with E-state index in [1.807, 2.05) is 0 Å². The maximum Gasteiger partial charge on any atom is 0.313 e. The summed E-state index contributed by atoms with van der Waals surface area (Å²) in [4.78, 5) is 49.6. The molecule has 2 aromatic heterocycles. The van der Waals surface area contributed by atoms with Crippen LogP contribution in [0.25, 0.3) is 0 Å². The fraction of sp³-hybridized carbons (Fsp3) is 0.550. The summed E-state index contributed by atoms with van der Waals surface area (Å²) in [5.41, 5.74) is 6.46. The number of oxime groups is 1. The highest BCUT2D eigenvalue weighted by Gasteiger charge is 2.57. The quantitative estimate of drug-likeness (QED) is 0.165. The molecule has 3 fully saturated rings. The smallest absolute Gasteiger partial charge is 0.313 e. The number of hydrogen-bond acceptors (Lipinski definition) is 13. The summed E-state index contributed by atoms with van der Waals surface area (Å²) in [7, 11) is 0. The molecule has 2 aromatic rings. The van der Waals surface area contributed by atoms with Gasteiger partial charge in [0, 0.05) is 23.4 Å². The maximum atomic E-state index is 13.2. The molecule has 3 aliphatic rings. The van der Waals surface area contributed by atoms with Crippen molar-refractivity contribution >= 4 is 87.2 Å². The number of halogens is 1. The molecule has 4 N–H and O–H groups in total. The number of nitrogen functional groups attached to an aromatic ring is 1. The number of fused-ring (bicyclic) bond motifs is 1. The van der Waals surface area contributed by atoms with Gasteiger partial charge >= 0.3 is 5.97 Å². The monoisotopic (exact) mass is 605 g/mol. The van der Waals surface area contributed by atoms with E-state index >= 15 is 0 Å². The van der Waals surface area contributed by atoms with Crippen LogP contribution in [0.1, 0.15) is 31.4 Å². The molecule has 3 atom stereocenters. The SMILES string of the molecule is Cl.Nc1nc(C(=NOC2CCCC2)C(=O)NC2C(=O)N3CC(CSc4nncs4)(C(=O)O)CS[C@H]23)cs1. The summed E-state index contributed by atoms with van der Waals surface area (Å²) in [6.07, 6.45) is 3.78. The zero-order chi connectivity index (χ0) is 25.3. The molecular weight excluding hydrogens is 582 g/mol. The number of β-lactam (4-membered cyclic amide) rings is 1. The number of carboxylic acids is 1. The molecule has 0 aromatic carbocycles. The minimum absolute atomic E-state index is 0. The Labute approximate surface area is 234 Å². The van der Waals surface area contributed by atoms with Gasteiger partial charge in [-0.25, -0.2) is 4.98 Å². The van der Waals surface area contributed by atoms with Crippen molar-refractivity contribution in [3.05, 3.63) is 16.6 Å². The highest BCUT2D eigenvalue weighted by atomic mass is 35.5.